The van der Waals surface area contributed by atoms with Crippen LogP contribution in [0.3, 0.4) is 0 Å². The number of hydrogen-bond donors (Lipinski definition) is 2. The smallest absolute Gasteiger partial charge is 0.224 e. The van der Waals surface area contributed by atoms with Gasteiger partial charge in [-0.1, -0.05) is 30.3 Å². The molecule has 0 fully saturated rings. The SMILES string of the molecule is Cc1cc(O)ccc1NC(=O)CCCc1ccccc1. The number of carbonyl (C=O) groups is 1. The summed E-state index contributed by atoms with van der Waals surface area (Å²) >= 11 is 0. The summed E-state index contributed by atoms with van der Waals surface area (Å²) in [4.78, 5) is 11.9. The Hall–Kier alpha value is -2.29. The molecule has 2 aromatic rings. The van der Waals surface area contributed by atoms with Gasteiger partial charge in [0.1, 0.15) is 5.75 Å². The molecular formula is C17H19NO2. The molecule has 0 aromatic heterocycles. The molecule has 2 aromatic carbocycles. The second-order valence-electron chi connectivity index (χ2n) is 4.89. The molecule has 3 nitrogen and oxygen atoms in total. The molecule has 0 heterocycles. The minimum atomic E-state index is 0.00900. The number of nitrogens with one attached hydrogen (secondary N) is 1. The molecule has 0 aliphatic rings. The third-order valence-electron chi connectivity index (χ3n) is 3.20. The average Bonchev–Trinajstić information content (AvgIpc) is 2.43. The van der Waals surface area contributed by atoms with E-state index in [0.717, 1.165) is 24.1 Å². The van der Waals surface area contributed by atoms with Crippen LogP contribution in [0, 0.1) is 6.92 Å². The van der Waals surface area contributed by atoms with E-state index in [4.69, 9.17) is 0 Å². The van der Waals surface area contributed by atoms with Gasteiger partial charge < -0.3 is 10.4 Å². The van der Waals surface area contributed by atoms with Gasteiger partial charge in [0.2, 0.25) is 5.91 Å². The van der Waals surface area contributed by atoms with Crippen molar-refractivity contribution in [1.29, 1.82) is 0 Å². The highest BCUT2D eigenvalue weighted by Crippen LogP contribution is 2.20. The number of benzene rings is 2. The van der Waals surface area contributed by atoms with E-state index in [-0.39, 0.29) is 11.7 Å². The molecule has 0 saturated heterocycles. The fourth-order valence-corrected chi connectivity index (χ4v) is 2.10. The fourth-order valence-electron chi connectivity index (χ4n) is 2.10. The Balaban J connectivity index is 1.81. The van der Waals surface area contributed by atoms with E-state index in [1.807, 2.05) is 25.1 Å². The zero-order valence-corrected chi connectivity index (χ0v) is 11.6. The number of carbonyl (C=O) groups excluding carboxylic acids is 1. The number of amides is 1. The van der Waals surface area contributed by atoms with Crippen LogP contribution in [-0.4, -0.2) is 11.0 Å². The third kappa shape index (κ3) is 4.12. The molecule has 20 heavy (non-hydrogen) atoms. The van der Waals surface area contributed by atoms with Crippen LogP contribution in [0.2, 0.25) is 0 Å². The van der Waals surface area contributed by atoms with Gasteiger partial charge in [0.05, 0.1) is 0 Å². The lowest BCUT2D eigenvalue weighted by atomic mass is 10.1. The van der Waals surface area contributed by atoms with Gasteiger partial charge >= 0.3 is 0 Å². The van der Waals surface area contributed by atoms with E-state index in [0.29, 0.717) is 6.42 Å². The van der Waals surface area contributed by atoms with E-state index in [1.165, 1.54) is 5.56 Å². The predicted octanol–water partition coefficient (Wildman–Crippen LogP) is 3.66. The molecule has 0 aliphatic carbocycles. The summed E-state index contributed by atoms with van der Waals surface area (Å²) in [6.07, 6.45) is 2.23. The molecule has 2 rings (SSSR count). The van der Waals surface area contributed by atoms with Gasteiger partial charge in [-0.05, 0) is 49.1 Å². The maximum absolute atomic E-state index is 11.9. The Labute approximate surface area is 119 Å². The highest BCUT2D eigenvalue weighted by atomic mass is 16.3. The zero-order chi connectivity index (χ0) is 14.4. The molecule has 0 unspecified atom stereocenters. The maximum atomic E-state index is 11.9. The van der Waals surface area contributed by atoms with Gasteiger partial charge in [-0.15, -0.1) is 0 Å². The van der Waals surface area contributed by atoms with Crippen LogP contribution in [0.1, 0.15) is 24.0 Å². The minimum absolute atomic E-state index is 0.00900. The van der Waals surface area contributed by atoms with Crippen molar-refractivity contribution < 1.29 is 9.90 Å². The molecule has 0 spiro atoms. The summed E-state index contributed by atoms with van der Waals surface area (Å²) < 4.78 is 0. The first kappa shape index (κ1) is 14.1. The van der Waals surface area contributed by atoms with E-state index in [9.17, 15) is 9.90 Å². The van der Waals surface area contributed by atoms with Gasteiger partial charge in [0.25, 0.3) is 0 Å². The topological polar surface area (TPSA) is 49.3 Å². The lowest BCUT2D eigenvalue weighted by Crippen LogP contribution is -2.12. The molecular weight excluding hydrogens is 250 g/mol. The Kier molecular flexibility index (Phi) is 4.77. The van der Waals surface area contributed by atoms with E-state index in [1.54, 1.807) is 18.2 Å². The second-order valence-corrected chi connectivity index (χ2v) is 4.89. The summed E-state index contributed by atoms with van der Waals surface area (Å²) in [7, 11) is 0. The number of aromatic hydroxyl groups is 1. The normalized spacial score (nSPS) is 10.2. The van der Waals surface area contributed by atoms with Crippen molar-refractivity contribution in [1.82, 2.24) is 0 Å². The first-order chi connectivity index (χ1) is 9.65. The van der Waals surface area contributed by atoms with Crippen molar-refractivity contribution >= 4 is 11.6 Å². The summed E-state index contributed by atoms with van der Waals surface area (Å²) in [5.74, 6) is 0.222. The maximum Gasteiger partial charge on any atom is 0.224 e. The van der Waals surface area contributed by atoms with E-state index >= 15 is 0 Å². The first-order valence-electron chi connectivity index (χ1n) is 6.78. The molecule has 0 bridgehead atoms. The third-order valence-corrected chi connectivity index (χ3v) is 3.20. The Morgan fingerprint density at radius 2 is 1.90 bits per heavy atom. The molecule has 0 aliphatic heterocycles. The van der Waals surface area contributed by atoms with Crippen LogP contribution < -0.4 is 5.32 Å². The molecule has 104 valence electrons. The standard InChI is InChI=1S/C17H19NO2/c1-13-12-15(19)10-11-16(13)18-17(20)9-5-8-14-6-3-2-4-7-14/h2-4,6-7,10-12,19H,5,8-9H2,1H3,(H,18,20). The van der Waals surface area contributed by atoms with E-state index < -0.39 is 0 Å². The lowest BCUT2D eigenvalue weighted by Gasteiger charge is -2.08. The van der Waals surface area contributed by atoms with Crippen LogP contribution in [0.15, 0.2) is 48.5 Å². The molecule has 0 radical (unpaired) electrons. The van der Waals surface area contributed by atoms with Crippen molar-refractivity contribution in [3.63, 3.8) is 0 Å². The number of phenols is 1. The number of phenolic OH excluding ortho intramolecular Hbond substituents is 1. The highest BCUT2D eigenvalue weighted by Gasteiger charge is 2.05. The zero-order valence-electron chi connectivity index (χ0n) is 11.6. The van der Waals surface area contributed by atoms with Crippen molar-refractivity contribution in [3.8, 4) is 5.75 Å². The van der Waals surface area contributed by atoms with Gasteiger partial charge in [-0.25, -0.2) is 0 Å². The lowest BCUT2D eigenvalue weighted by molar-refractivity contribution is -0.116. The largest absolute Gasteiger partial charge is 0.508 e. The Morgan fingerprint density at radius 3 is 2.60 bits per heavy atom. The van der Waals surface area contributed by atoms with Crippen molar-refractivity contribution in [3.05, 3.63) is 59.7 Å². The molecule has 1 amide bonds. The summed E-state index contributed by atoms with van der Waals surface area (Å²) in [6, 6.07) is 15.1. The fraction of sp³-hybridized carbons (Fsp3) is 0.235. The first-order valence-corrected chi connectivity index (χ1v) is 6.78. The number of hydrogen-bond acceptors (Lipinski definition) is 2. The number of aryl methyl sites for hydroxylation is 2. The summed E-state index contributed by atoms with van der Waals surface area (Å²) in [5.41, 5.74) is 2.87. The van der Waals surface area contributed by atoms with Crippen molar-refractivity contribution in [2.45, 2.75) is 26.2 Å². The number of anilines is 1. The van der Waals surface area contributed by atoms with Gasteiger partial charge in [-0.2, -0.15) is 0 Å². The quantitative estimate of drug-likeness (QED) is 0.814. The van der Waals surface area contributed by atoms with Crippen molar-refractivity contribution in [2.75, 3.05) is 5.32 Å². The van der Waals surface area contributed by atoms with Crippen LogP contribution in [-0.2, 0) is 11.2 Å². The van der Waals surface area contributed by atoms with Crippen LogP contribution in [0.25, 0.3) is 0 Å². The molecule has 3 heteroatoms. The van der Waals surface area contributed by atoms with Crippen LogP contribution in [0.5, 0.6) is 5.75 Å². The highest BCUT2D eigenvalue weighted by molar-refractivity contribution is 5.91. The number of rotatable bonds is 5. The van der Waals surface area contributed by atoms with E-state index in [2.05, 4.69) is 17.4 Å². The van der Waals surface area contributed by atoms with Crippen molar-refractivity contribution in [2.24, 2.45) is 0 Å². The van der Waals surface area contributed by atoms with Crippen LogP contribution >= 0.6 is 0 Å². The Bertz CT molecular complexity index is 579. The molecule has 0 atom stereocenters. The summed E-state index contributed by atoms with van der Waals surface area (Å²) in [6.45, 7) is 1.86. The molecule has 0 saturated carbocycles. The van der Waals surface area contributed by atoms with Crippen LogP contribution in [0.4, 0.5) is 5.69 Å². The average molecular weight is 269 g/mol. The minimum Gasteiger partial charge on any atom is -0.508 e. The molecule has 2 N–H and O–H groups in total. The summed E-state index contributed by atoms with van der Waals surface area (Å²) in [5, 5.41) is 12.2. The monoisotopic (exact) mass is 269 g/mol. The van der Waals surface area contributed by atoms with Gasteiger partial charge in [0, 0.05) is 12.1 Å². The Morgan fingerprint density at radius 1 is 1.15 bits per heavy atom. The second kappa shape index (κ2) is 6.75. The predicted molar refractivity (Wildman–Crippen MR) is 80.9 cm³/mol. The van der Waals surface area contributed by atoms with Gasteiger partial charge in [-0.3, -0.25) is 4.79 Å². The van der Waals surface area contributed by atoms with Gasteiger partial charge in [0.15, 0.2) is 0 Å².